The third-order valence-corrected chi connectivity index (χ3v) is 10.6. The van der Waals surface area contributed by atoms with Crippen molar-refractivity contribution in [3.05, 3.63) is 81.0 Å². The van der Waals surface area contributed by atoms with Crippen LogP contribution in [0.5, 0.6) is 5.75 Å². The lowest BCUT2D eigenvalue weighted by atomic mass is 9.98. The predicted molar refractivity (Wildman–Crippen MR) is 173 cm³/mol. The minimum absolute atomic E-state index is 0.00406. The Morgan fingerprint density at radius 3 is 2.50 bits per heavy atom. The highest BCUT2D eigenvalue weighted by molar-refractivity contribution is 6.37. The van der Waals surface area contributed by atoms with Crippen LogP contribution in [0.15, 0.2) is 41.6 Å². The Bertz CT molecular complexity index is 2120. The number of aromatic hydroxyl groups is 1. The largest absolute Gasteiger partial charge is 0.508 e. The van der Waals surface area contributed by atoms with Crippen molar-refractivity contribution in [3.8, 4) is 22.7 Å². The summed E-state index contributed by atoms with van der Waals surface area (Å²) < 4.78 is 33.6. The van der Waals surface area contributed by atoms with Gasteiger partial charge < -0.3 is 10.4 Å². The summed E-state index contributed by atoms with van der Waals surface area (Å²) in [6, 6.07) is 6.22. The maximum atomic E-state index is 17.5. The SMILES string of the molecule is CC(C)c1ncnc(C(C)C)c1-n1c(=O)nc(C2C3CC4CCC(N4)[C@H]32)c2cnc(-c3cc(O)cc4ccc(F)c(Cl)c34)c(F)c21. The molecule has 2 aromatic carbocycles. The van der Waals surface area contributed by atoms with Crippen LogP contribution in [0, 0.1) is 23.5 Å². The summed E-state index contributed by atoms with van der Waals surface area (Å²) in [7, 11) is 0. The number of hydrogen-bond acceptors (Lipinski definition) is 7. The molecule has 2 bridgehead atoms. The minimum atomic E-state index is -0.804. The molecular weight excluding hydrogens is 610 g/mol. The minimum Gasteiger partial charge on any atom is -0.508 e. The molecule has 0 radical (unpaired) electrons. The number of nitrogens with zero attached hydrogens (tertiary/aromatic N) is 5. The first-order valence-corrected chi connectivity index (χ1v) is 16.3. The highest BCUT2D eigenvalue weighted by Gasteiger charge is 2.61. The first kappa shape index (κ1) is 29.4. The number of phenols is 1. The number of benzene rings is 2. The van der Waals surface area contributed by atoms with Crippen molar-refractivity contribution in [2.24, 2.45) is 11.8 Å². The molecule has 1 aliphatic carbocycles. The van der Waals surface area contributed by atoms with Gasteiger partial charge in [0.25, 0.3) is 0 Å². The monoisotopic (exact) mass is 642 g/mol. The Morgan fingerprint density at radius 2 is 1.78 bits per heavy atom. The molecule has 3 fully saturated rings. The van der Waals surface area contributed by atoms with Crippen molar-refractivity contribution < 1.29 is 13.9 Å². The zero-order valence-corrected chi connectivity index (χ0v) is 26.6. The maximum absolute atomic E-state index is 17.5. The quantitative estimate of drug-likeness (QED) is 0.210. The standard InChI is InChI=1S/C35H33ClF2N6O2/c1-14(2)29-34(30(15(3)4)41-13-40-29)44-33-21(31(43-35(44)46)26-19-10-17-6-8-23(42-17)25(19)26)12-39-32(28(33)38)20-11-18(45)9-16-5-7-22(37)27(36)24(16)20/h5,7,9,11-15,17,19,23,25-26,42,45H,6,8,10H2,1-4H3/t17?,19?,23?,25-,26?/m0/s1. The number of phenolic OH excluding ortho intramolecular Hbond substituents is 1. The number of pyridine rings is 1. The van der Waals surface area contributed by atoms with E-state index >= 15 is 4.39 Å². The van der Waals surface area contributed by atoms with Gasteiger partial charge in [0.2, 0.25) is 0 Å². The third kappa shape index (κ3) is 4.29. The molecule has 5 atom stereocenters. The van der Waals surface area contributed by atoms with Gasteiger partial charge in [-0.05, 0) is 66.5 Å². The molecule has 0 amide bonds. The molecule has 2 aliphatic heterocycles. The van der Waals surface area contributed by atoms with Gasteiger partial charge in [-0.15, -0.1) is 0 Å². The van der Waals surface area contributed by atoms with Crippen LogP contribution in [0.1, 0.15) is 81.8 Å². The molecule has 3 aliphatic rings. The molecule has 2 saturated heterocycles. The second-order valence-electron chi connectivity index (χ2n) is 13.6. The van der Waals surface area contributed by atoms with Crippen molar-refractivity contribution in [3.63, 3.8) is 0 Å². The van der Waals surface area contributed by atoms with Crippen LogP contribution in [-0.2, 0) is 0 Å². The maximum Gasteiger partial charge on any atom is 0.353 e. The van der Waals surface area contributed by atoms with Crippen LogP contribution >= 0.6 is 11.6 Å². The zero-order valence-electron chi connectivity index (χ0n) is 25.9. The molecule has 236 valence electrons. The molecule has 5 aromatic rings. The van der Waals surface area contributed by atoms with E-state index in [2.05, 4.69) is 25.3 Å². The molecule has 0 spiro atoms. The van der Waals surface area contributed by atoms with E-state index in [4.69, 9.17) is 11.6 Å². The van der Waals surface area contributed by atoms with Crippen LogP contribution in [0.3, 0.4) is 0 Å². The van der Waals surface area contributed by atoms with Crippen LogP contribution in [0.25, 0.3) is 38.6 Å². The summed E-state index contributed by atoms with van der Waals surface area (Å²) in [5.74, 6) is -1.20. The van der Waals surface area contributed by atoms with E-state index in [-0.39, 0.29) is 50.7 Å². The number of nitrogens with one attached hydrogen (secondary N) is 1. The fourth-order valence-electron chi connectivity index (χ4n) is 8.20. The first-order valence-electron chi connectivity index (χ1n) is 15.9. The molecule has 8 nitrogen and oxygen atoms in total. The Balaban J connectivity index is 1.47. The molecule has 4 unspecified atom stereocenters. The number of piperidine rings is 1. The molecule has 8 rings (SSSR count). The number of hydrogen-bond donors (Lipinski definition) is 2. The van der Waals surface area contributed by atoms with Crippen molar-refractivity contribution in [2.75, 3.05) is 0 Å². The fraction of sp³-hybridized carbons (Fsp3) is 0.400. The highest BCUT2D eigenvalue weighted by Crippen LogP contribution is 2.63. The molecular formula is C35H33ClF2N6O2. The second-order valence-corrected chi connectivity index (χ2v) is 14.0. The first-order chi connectivity index (χ1) is 22.0. The zero-order chi connectivity index (χ0) is 32.2. The van der Waals surface area contributed by atoms with Gasteiger partial charge in [-0.1, -0.05) is 45.4 Å². The summed E-state index contributed by atoms with van der Waals surface area (Å²) >= 11 is 6.45. The van der Waals surface area contributed by atoms with Gasteiger partial charge in [-0.25, -0.2) is 23.5 Å². The Morgan fingerprint density at radius 1 is 1.04 bits per heavy atom. The number of fused-ring (bicyclic) bond motifs is 6. The number of aromatic nitrogens is 5. The number of rotatable bonds is 5. The van der Waals surface area contributed by atoms with Crippen molar-refractivity contribution in [2.45, 2.75) is 76.8 Å². The van der Waals surface area contributed by atoms with Crippen LogP contribution in [0.2, 0.25) is 5.02 Å². The summed E-state index contributed by atoms with van der Waals surface area (Å²) in [5.41, 5.74) is 1.44. The lowest BCUT2D eigenvalue weighted by Gasteiger charge is -2.22. The number of halogens is 3. The van der Waals surface area contributed by atoms with Gasteiger partial charge in [-0.2, -0.15) is 4.98 Å². The molecule has 11 heteroatoms. The average molecular weight is 643 g/mol. The molecule has 5 heterocycles. The van der Waals surface area contributed by atoms with E-state index < -0.39 is 17.3 Å². The van der Waals surface area contributed by atoms with Crippen LogP contribution < -0.4 is 11.0 Å². The van der Waals surface area contributed by atoms with Gasteiger partial charge in [0.05, 0.1) is 33.3 Å². The van der Waals surface area contributed by atoms with E-state index in [0.29, 0.717) is 57.5 Å². The molecule has 1 saturated carbocycles. The fourth-order valence-corrected chi connectivity index (χ4v) is 8.47. The van der Waals surface area contributed by atoms with Crippen molar-refractivity contribution >= 4 is 33.3 Å². The molecule has 2 N–H and O–H groups in total. The van der Waals surface area contributed by atoms with Crippen molar-refractivity contribution in [1.29, 1.82) is 0 Å². The van der Waals surface area contributed by atoms with Crippen LogP contribution in [0.4, 0.5) is 8.78 Å². The third-order valence-electron chi connectivity index (χ3n) is 10.2. The second kappa shape index (κ2) is 10.5. The van der Waals surface area contributed by atoms with Gasteiger partial charge in [0.1, 0.15) is 23.6 Å². The van der Waals surface area contributed by atoms with Gasteiger partial charge in [-0.3, -0.25) is 9.55 Å². The van der Waals surface area contributed by atoms with Gasteiger partial charge in [0, 0.05) is 40.5 Å². The Kier molecular flexibility index (Phi) is 6.71. The smallest absolute Gasteiger partial charge is 0.353 e. The van der Waals surface area contributed by atoms with Gasteiger partial charge >= 0.3 is 5.69 Å². The van der Waals surface area contributed by atoms with E-state index in [9.17, 15) is 14.3 Å². The molecule has 46 heavy (non-hydrogen) atoms. The lowest BCUT2D eigenvalue weighted by molar-refractivity contribution is 0.387. The average Bonchev–Trinajstić information content (AvgIpc) is 3.62. The van der Waals surface area contributed by atoms with E-state index in [1.54, 1.807) is 6.20 Å². The normalized spacial score (nSPS) is 23.5. The highest BCUT2D eigenvalue weighted by atomic mass is 35.5. The molecule has 3 aromatic heterocycles. The van der Waals surface area contributed by atoms with E-state index in [1.807, 2.05) is 27.7 Å². The van der Waals surface area contributed by atoms with E-state index in [1.165, 1.54) is 35.2 Å². The summed E-state index contributed by atoms with van der Waals surface area (Å²) in [5, 5.41) is 15.2. The summed E-state index contributed by atoms with van der Waals surface area (Å²) in [6.07, 6.45) is 6.24. The Hall–Kier alpha value is -4.02. The Labute approximate surface area is 268 Å². The predicted octanol–water partition coefficient (Wildman–Crippen LogP) is 7.13. The van der Waals surface area contributed by atoms with E-state index in [0.717, 1.165) is 19.3 Å². The van der Waals surface area contributed by atoms with Crippen LogP contribution in [-0.4, -0.2) is 41.7 Å². The van der Waals surface area contributed by atoms with Crippen molar-refractivity contribution in [1.82, 2.24) is 29.8 Å². The van der Waals surface area contributed by atoms with Gasteiger partial charge in [0.15, 0.2) is 5.82 Å². The summed E-state index contributed by atoms with van der Waals surface area (Å²) in [4.78, 5) is 32.7. The topological polar surface area (TPSA) is 106 Å². The lowest BCUT2D eigenvalue weighted by Crippen LogP contribution is -2.35. The summed E-state index contributed by atoms with van der Waals surface area (Å²) in [6.45, 7) is 7.84.